The van der Waals surface area contributed by atoms with Crippen LogP contribution in [0.15, 0.2) is 30.5 Å². The first-order valence-electron chi connectivity index (χ1n) is 5.78. The lowest BCUT2D eigenvalue weighted by Crippen LogP contribution is -2.09. The van der Waals surface area contributed by atoms with Crippen molar-refractivity contribution in [3.63, 3.8) is 0 Å². The average molecular weight is 266 g/mol. The van der Waals surface area contributed by atoms with Gasteiger partial charge >= 0.3 is 0 Å². The first-order chi connectivity index (χ1) is 8.70. The largest absolute Gasteiger partial charge is 0.486 e. The van der Waals surface area contributed by atoms with E-state index in [1.165, 1.54) is 0 Å². The topological polar surface area (TPSA) is 53.1 Å². The van der Waals surface area contributed by atoms with E-state index in [-0.39, 0.29) is 0 Å². The van der Waals surface area contributed by atoms with E-state index in [0.717, 1.165) is 23.7 Å². The van der Waals surface area contributed by atoms with Crippen LogP contribution in [0.5, 0.6) is 5.75 Å². The van der Waals surface area contributed by atoms with Crippen LogP contribution in [0.4, 0.5) is 0 Å². The van der Waals surface area contributed by atoms with Gasteiger partial charge in [-0.1, -0.05) is 11.6 Å². The van der Waals surface area contributed by atoms with Crippen LogP contribution in [0.1, 0.15) is 11.5 Å². The zero-order valence-electron chi connectivity index (χ0n) is 10.3. The number of aromatic nitrogens is 2. The Kier molecular flexibility index (Phi) is 4.23. The third-order valence-corrected chi connectivity index (χ3v) is 3.01. The van der Waals surface area contributed by atoms with E-state index in [1.807, 2.05) is 29.9 Å². The fraction of sp³-hybridized carbons (Fsp3) is 0.308. The lowest BCUT2D eigenvalue weighted by Gasteiger charge is -2.07. The van der Waals surface area contributed by atoms with E-state index in [0.29, 0.717) is 18.2 Å². The van der Waals surface area contributed by atoms with Crippen molar-refractivity contribution in [3.8, 4) is 5.75 Å². The van der Waals surface area contributed by atoms with E-state index in [2.05, 4.69) is 4.98 Å². The van der Waals surface area contributed by atoms with Crippen LogP contribution in [-0.2, 0) is 20.1 Å². The second-order valence-electron chi connectivity index (χ2n) is 4.01. The van der Waals surface area contributed by atoms with Gasteiger partial charge < -0.3 is 15.0 Å². The van der Waals surface area contributed by atoms with Crippen LogP contribution in [0.2, 0.25) is 5.02 Å². The summed E-state index contributed by atoms with van der Waals surface area (Å²) in [5, 5.41) is 0.699. The van der Waals surface area contributed by atoms with Gasteiger partial charge in [0, 0.05) is 30.4 Å². The van der Waals surface area contributed by atoms with Crippen LogP contribution >= 0.6 is 11.6 Å². The second kappa shape index (κ2) is 5.89. The molecule has 0 aliphatic carbocycles. The number of hydrogen-bond acceptors (Lipinski definition) is 3. The van der Waals surface area contributed by atoms with Gasteiger partial charge in [-0.25, -0.2) is 4.98 Å². The number of benzene rings is 1. The molecule has 0 unspecified atom stereocenters. The number of halogens is 1. The lowest BCUT2D eigenvalue weighted by atomic mass is 10.3. The van der Waals surface area contributed by atoms with Crippen molar-refractivity contribution < 1.29 is 4.74 Å². The zero-order valence-corrected chi connectivity index (χ0v) is 11.0. The van der Waals surface area contributed by atoms with Gasteiger partial charge in [0.1, 0.15) is 18.2 Å². The van der Waals surface area contributed by atoms with Crippen molar-refractivity contribution in [2.45, 2.75) is 13.0 Å². The summed E-state index contributed by atoms with van der Waals surface area (Å²) in [5.41, 5.74) is 6.65. The number of nitrogens with two attached hydrogens (primary N) is 1. The van der Waals surface area contributed by atoms with Crippen molar-refractivity contribution in [2.24, 2.45) is 12.8 Å². The third kappa shape index (κ3) is 3.03. The number of rotatable bonds is 5. The lowest BCUT2D eigenvalue weighted by molar-refractivity contribution is 0.291. The minimum atomic E-state index is 0.433. The maximum atomic E-state index is 5.81. The number of hydrogen-bond donors (Lipinski definition) is 1. The van der Waals surface area contributed by atoms with E-state index >= 15 is 0 Å². The fourth-order valence-corrected chi connectivity index (χ4v) is 1.81. The maximum absolute atomic E-state index is 5.81. The standard InChI is InChI=1S/C13H16ClN3O/c1-17-11(6-7-15)8-16-13(17)9-18-12-4-2-10(14)3-5-12/h2-5,8H,6-7,9,15H2,1H3. The molecule has 0 bridgehead atoms. The molecule has 0 saturated carbocycles. The number of nitrogens with zero attached hydrogens (tertiary/aromatic N) is 2. The van der Waals surface area contributed by atoms with E-state index in [9.17, 15) is 0 Å². The Hall–Kier alpha value is -1.52. The molecule has 0 fully saturated rings. The summed E-state index contributed by atoms with van der Waals surface area (Å²) in [6.45, 7) is 1.06. The van der Waals surface area contributed by atoms with Crippen molar-refractivity contribution >= 4 is 11.6 Å². The van der Waals surface area contributed by atoms with Gasteiger partial charge in [-0.2, -0.15) is 0 Å². The summed E-state index contributed by atoms with van der Waals surface area (Å²) in [7, 11) is 1.97. The highest BCUT2D eigenvalue weighted by atomic mass is 35.5. The van der Waals surface area contributed by atoms with E-state index < -0.39 is 0 Å². The molecular weight excluding hydrogens is 250 g/mol. The molecule has 0 aliphatic rings. The molecule has 1 aromatic heterocycles. The highest BCUT2D eigenvalue weighted by Gasteiger charge is 2.06. The third-order valence-electron chi connectivity index (χ3n) is 2.76. The molecule has 96 valence electrons. The predicted molar refractivity (Wildman–Crippen MR) is 71.8 cm³/mol. The maximum Gasteiger partial charge on any atom is 0.146 e. The Morgan fingerprint density at radius 1 is 1.33 bits per heavy atom. The van der Waals surface area contributed by atoms with E-state index in [1.54, 1.807) is 12.1 Å². The van der Waals surface area contributed by atoms with E-state index in [4.69, 9.17) is 22.1 Å². The number of imidazole rings is 1. The highest BCUT2D eigenvalue weighted by molar-refractivity contribution is 6.30. The Balaban J connectivity index is 1.99. The van der Waals surface area contributed by atoms with Crippen molar-refractivity contribution in [1.29, 1.82) is 0 Å². The molecule has 0 atom stereocenters. The molecule has 2 rings (SSSR count). The molecule has 4 nitrogen and oxygen atoms in total. The Morgan fingerprint density at radius 2 is 2.06 bits per heavy atom. The Bertz CT molecular complexity index is 507. The Morgan fingerprint density at radius 3 is 2.72 bits per heavy atom. The van der Waals surface area contributed by atoms with Crippen LogP contribution in [0.25, 0.3) is 0 Å². The number of ether oxygens (including phenoxy) is 1. The molecule has 0 amide bonds. The van der Waals surface area contributed by atoms with Crippen LogP contribution < -0.4 is 10.5 Å². The SMILES string of the molecule is Cn1c(CCN)cnc1COc1ccc(Cl)cc1. The second-order valence-corrected chi connectivity index (χ2v) is 4.44. The normalized spacial score (nSPS) is 10.6. The monoisotopic (exact) mass is 265 g/mol. The smallest absolute Gasteiger partial charge is 0.146 e. The molecule has 0 radical (unpaired) electrons. The molecule has 0 aliphatic heterocycles. The summed E-state index contributed by atoms with van der Waals surface area (Å²) in [5.74, 6) is 1.66. The average Bonchev–Trinajstić information content (AvgIpc) is 2.71. The highest BCUT2D eigenvalue weighted by Crippen LogP contribution is 2.16. The summed E-state index contributed by atoms with van der Waals surface area (Å²) in [6, 6.07) is 7.28. The van der Waals surface area contributed by atoms with Crippen LogP contribution in [0.3, 0.4) is 0 Å². The minimum Gasteiger partial charge on any atom is -0.486 e. The molecule has 1 heterocycles. The molecule has 2 aromatic rings. The summed E-state index contributed by atoms with van der Waals surface area (Å²) in [4.78, 5) is 4.32. The molecular formula is C13H16ClN3O. The molecule has 0 spiro atoms. The summed E-state index contributed by atoms with van der Waals surface area (Å²) < 4.78 is 7.66. The van der Waals surface area contributed by atoms with Crippen molar-refractivity contribution in [3.05, 3.63) is 47.0 Å². The fourth-order valence-electron chi connectivity index (χ4n) is 1.68. The minimum absolute atomic E-state index is 0.433. The molecule has 5 heteroatoms. The first kappa shape index (κ1) is 12.9. The van der Waals surface area contributed by atoms with Gasteiger partial charge in [0.05, 0.1) is 0 Å². The van der Waals surface area contributed by atoms with Crippen LogP contribution in [0, 0.1) is 0 Å². The zero-order chi connectivity index (χ0) is 13.0. The summed E-state index contributed by atoms with van der Waals surface area (Å²) in [6.07, 6.45) is 2.66. The van der Waals surface area contributed by atoms with Gasteiger partial charge in [0.2, 0.25) is 0 Å². The first-order valence-corrected chi connectivity index (χ1v) is 6.16. The molecule has 1 aromatic carbocycles. The van der Waals surface area contributed by atoms with Crippen molar-refractivity contribution in [2.75, 3.05) is 6.54 Å². The van der Waals surface area contributed by atoms with Crippen LogP contribution in [-0.4, -0.2) is 16.1 Å². The van der Waals surface area contributed by atoms with Gasteiger partial charge in [-0.3, -0.25) is 0 Å². The van der Waals surface area contributed by atoms with Crippen molar-refractivity contribution in [1.82, 2.24) is 9.55 Å². The molecule has 2 N–H and O–H groups in total. The molecule has 18 heavy (non-hydrogen) atoms. The Labute approximate surface area is 111 Å². The quantitative estimate of drug-likeness (QED) is 0.901. The van der Waals surface area contributed by atoms with Gasteiger partial charge in [-0.15, -0.1) is 0 Å². The van der Waals surface area contributed by atoms with Gasteiger partial charge in [0.25, 0.3) is 0 Å². The molecule has 0 saturated heterocycles. The summed E-state index contributed by atoms with van der Waals surface area (Å²) >= 11 is 5.81. The predicted octanol–water partition coefficient (Wildman–Crippen LogP) is 2.15. The van der Waals surface area contributed by atoms with Gasteiger partial charge in [-0.05, 0) is 30.8 Å². The van der Waals surface area contributed by atoms with Gasteiger partial charge in [0.15, 0.2) is 0 Å².